The predicted octanol–water partition coefficient (Wildman–Crippen LogP) is 3.95. The summed E-state index contributed by atoms with van der Waals surface area (Å²) in [6.07, 6.45) is -0.786. The lowest BCUT2D eigenvalue weighted by atomic mass is 10.0. The van der Waals surface area contributed by atoms with Gasteiger partial charge in [0.15, 0.2) is 9.84 Å². The maximum atomic E-state index is 13.4. The van der Waals surface area contributed by atoms with Crippen molar-refractivity contribution in [3.8, 4) is 5.75 Å². The van der Waals surface area contributed by atoms with Gasteiger partial charge in [-0.05, 0) is 54.7 Å². The number of carbonyl (C=O) groups is 1. The Hall–Kier alpha value is -2.95. The molecule has 0 radical (unpaired) electrons. The molecule has 224 valence electrons. The third-order valence-corrected chi connectivity index (χ3v) is 8.24. The second kappa shape index (κ2) is 17.8. The van der Waals surface area contributed by atoms with Crippen LogP contribution < -0.4 is 15.4 Å². The van der Waals surface area contributed by atoms with Crippen molar-refractivity contribution in [1.29, 1.82) is 0 Å². The summed E-state index contributed by atoms with van der Waals surface area (Å²) in [7, 11) is -1.97. The molecular formula is C31H41ClN2O6S. The Labute approximate surface area is 249 Å². The van der Waals surface area contributed by atoms with Gasteiger partial charge in [0, 0.05) is 19.7 Å². The molecule has 3 rings (SSSR count). The number of aliphatic hydroxyl groups is 1. The van der Waals surface area contributed by atoms with E-state index in [1.54, 1.807) is 37.4 Å². The molecule has 0 aliphatic rings. The van der Waals surface area contributed by atoms with Crippen LogP contribution in [0.1, 0.15) is 30.9 Å². The lowest BCUT2D eigenvalue weighted by molar-refractivity contribution is -0.134. The van der Waals surface area contributed by atoms with E-state index in [9.17, 15) is 18.3 Å². The maximum absolute atomic E-state index is 13.4. The van der Waals surface area contributed by atoms with Gasteiger partial charge in [-0.3, -0.25) is 4.79 Å². The van der Waals surface area contributed by atoms with Crippen LogP contribution in [0, 0.1) is 0 Å². The molecule has 3 aromatic rings. The number of hydrogen-bond acceptors (Lipinski definition) is 7. The molecule has 3 unspecified atom stereocenters. The Kier molecular flexibility index (Phi) is 14.8. The highest BCUT2D eigenvalue weighted by molar-refractivity contribution is 7.91. The fourth-order valence-corrected chi connectivity index (χ4v) is 5.61. The van der Waals surface area contributed by atoms with Gasteiger partial charge < -0.3 is 25.2 Å². The summed E-state index contributed by atoms with van der Waals surface area (Å²) in [5.41, 5.74) is 1.96. The van der Waals surface area contributed by atoms with E-state index < -0.39 is 34.0 Å². The van der Waals surface area contributed by atoms with E-state index in [1.807, 2.05) is 61.5 Å². The standard InChI is InChI=1S/C31H40N2O6S.ClH/c1-3-18-39-30(17-19-40(36,37)27-15-8-5-9-16-27)31(35)33-28(21-24-11-6-4-7-12-24)29(34)23-32-22-25-13-10-14-26(20-25)38-2;/h4-16,20,28-30,32,34H,3,17-19,21-23H2,1-2H3,(H,33,35);1H. The van der Waals surface area contributed by atoms with Gasteiger partial charge in [-0.2, -0.15) is 0 Å². The van der Waals surface area contributed by atoms with Gasteiger partial charge >= 0.3 is 0 Å². The molecule has 0 saturated heterocycles. The second-order valence-electron chi connectivity index (χ2n) is 9.63. The number of methoxy groups -OCH3 is 1. The molecule has 3 aromatic carbocycles. The monoisotopic (exact) mass is 604 g/mol. The molecule has 3 N–H and O–H groups in total. The molecule has 0 saturated carbocycles. The number of benzene rings is 3. The Morgan fingerprint density at radius 1 is 0.951 bits per heavy atom. The molecule has 0 spiro atoms. The molecule has 0 aromatic heterocycles. The fraction of sp³-hybridized carbons (Fsp3) is 0.387. The van der Waals surface area contributed by atoms with Crippen LogP contribution in [0.5, 0.6) is 5.75 Å². The van der Waals surface area contributed by atoms with Crippen molar-refractivity contribution in [2.75, 3.05) is 26.0 Å². The number of aliphatic hydroxyl groups excluding tert-OH is 1. The normalized spacial score (nSPS) is 13.4. The van der Waals surface area contributed by atoms with Crippen molar-refractivity contribution in [3.63, 3.8) is 0 Å². The maximum Gasteiger partial charge on any atom is 0.249 e. The van der Waals surface area contributed by atoms with Gasteiger partial charge in [0.2, 0.25) is 5.91 Å². The topological polar surface area (TPSA) is 114 Å². The van der Waals surface area contributed by atoms with Crippen LogP contribution in [0.15, 0.2) is 89.8 Å². The van der Waals surface area contributed by atoms with Gasteiger partial charge in [0.25, 0.3) is 0 Å². The van der Waals surface area contributed by atoms with Crippen molar-refractivity contribution in [3.05, 3.63) is 96.1 Å². The average Bonchev–Trinajstić information content (AvgIpc) is 2.97. The minimum absolute atomic E-state index is 0. The number of hydrogen-bond donors (Lipinski definition) is 3. The lowest BCUT2D eigenvalue weighted by Crippen LogP contribution is -2.52. The van der Waals surface area contributed by atoms with Gasteiger partial charge in [0.1, 0.15) is 11.9 Å². The van der Waals surface area contributed by atoms with Crippen LogP contribution in [0.3, 0.4) is 0 Å². The van der Waals surface area contributed by atoms with Crippen LogP contribution in [-0.4, -0.2) is 63.7 Å². The zero-order valence-electron chi connectivity index (χ0n) is 23.6. The van der Waals surface area contributed by atoms with Crippen molar-refractivity contribution in [2.24, 2.45) is 0 Å². The Morgan fingerprint density at radius 3 is 2.27 bits per heavy atom. The van der Waals surface area contributed by atoms with Crippen LogP contribution in [0.2, 0.25) is 0 Å². The average molecular weight is 605 g/mol. The van der Waals surface area contributed by atoms with E-state index in [4.69, 9.17) is 9.47 Å². The molecule has 41 heavy (non-hydrogen) atoms. The van der Waals surface area contributed by atoms with Crippen LogP contribution >= 0.6 is 12.4 Å². The van der Waals surface area contributed by atoms with E-state index in [2.05, 4.69) is 10.6 Å². The minimum Gasteiger partial charge on any atom is -0.497 e. The van der Waals surface area contributed by atoms with E-state index >= 15 is 0 Å². The highest BCUT2D eigenvalue weighted by Crippen LogP contribution is 2.15. The largest absolute Gasteiger partial charge is 0.497 e. The number of carbonyl (C=O) groups excluding carboxylic acids is 1. The van der Waals surface area contributed by atoms with E-state index in [0.29, 0.717) is 26.0 Å². The Balaban J connectivity index is 0.00000588. The predicted molar refractivity (Wildman–Crippen MR) is 163 cm³/mol. The number of halogens is 1. The van der Waals surface area contributed by atoms with Crippen molar-refractivity contribution >= 4 is 28.2 Å². The van der Waals surface area contributed by atoms with Crippen molar-refractivity contribution < 1.29 is 27.8 Å². The summed E-state index contributed by atoms with van der Waals surface area (Å²) in [4.78, 5) is 13.6. The first-order valence-electron chi connectivity index (χ1n) is 13.6. The summed E-state index contributed by atoms with van der Waals surface area (Å²) >= 11 is 0. The number of sulfone groups is 1. The van der Waals surface area contributed by atoms with Crippen LogP contribution in [-0.2, 0) is 32.3 Å². The van der Waals surface area contributed by atoms with Gasteiger partial charge in [0.05, 0.1) is 29.9 Å². The zero-order valence-corrected chi connectivity index (χ0v) is 25.2. The molecule has 8 nitrogen and oxygen atoms in total. The van der Waals surface area contributed by atoms with Gasteiger partial charge in [-0.15, -0.1) is 12.4 Å². The zero-order chi connectivity index (χ0) is 28.8. The molecular weight excluding hydrogens is 564 g/mol. The van der Waals surface area contributed by atoms with Crippen LogP contribution in [0.25, 0.3) is 0 Å². The molecule has 10 heteroatoms. The van der Waals surface area contributed by atoms with E-state index in [-0.39, 0.29) is 36.0 Å². The summed E-state index contributed by atoms with van der Waals surface area (Å²) in [6.45, 7) is 2.99. The number of rotatable bonds is 17. The van der Waals surface area contributed by atoms with E-state index in [0.717, 1.165) is 16.9 Å². The quantitative estimate of drug-likeness (QED) is 0.214. The summed E-state index contributed by atoms with van der Waals surface area (Å²) in [5.74, 6) is 0.0817. The number of nitrogens with one attached hydrogen (secondary N) is 2. The molecule has 0 fully saturated rings. The highest BCUT2D eigenvalue weighted by atomic mass is 35.5. The second-order valence-corrected chi connectivity index (χ2v) is 11.7. The molecule has 3 atom stereocenters. The Bertz CT molecular complexity index is 1280. The molecule has 0 bridgehead atoms. The first-order valence-corrected chi connectivity index (χ1v) is 15.2. The summed E-state index contributed by atoms with van der Waals surface area (Å²) < 4.78 is 36.7. The third-order valence-electron chi connectivity index (χ3n) is 6.47. The number of amides is 1. The third kappa shape index (κ3) is 11.4. The Morgan fingerprint density at radius 2 is 1.61 bits per heavy atom. The molecule has 0 heterocycles. The van der Waals surface area contributed by atoms with Crippen molar-refractivity contribution in [2.45, 2.75) is 55.9 Å². The van der Waals surface area contributed by atoms with Gasteiger partial charge in [-0.1, -0.05) is 67.6 Å². The number of ether oxygens (including phenoxy) is 2. The molecule has 0 aliphatic carbocycles. The minimum atomic E-state index is -3.58. The lowest BCUT2D eigenvalue weighted by Gasteiger charge is -2.27. The highest BCUT2D eigenvalue weighted by Gasteiger charge is 2.28. The van der Waals surface area contributed by atoms with Crippen LogP contribution in [0.4, 0.5) is 0 Å². The first kappa shape index (κ1) is 34.3. The van der Waals surface area contributed by atoms with Gasteiger partial charge in [-0.25, -0.2) is 8.42 Å². The van der Waals surface area contributed by atoms with Crippen molar-refractivity contribution in [1.82, 2.24) is 10.6 Å². The fourth-order valence-electron chi connectivity index (χ4n) is 4.27. The molecule has 1 amide bonds. The SMILES string of the molecule is CCCOC(CCS(=O)(=O)c1ccccc1)C(=O)NC(Cc1ccccc1)C(O)CNCc1cccc(OC)c1.Cl. The smallest absolute Gasteiger partial charge is 0.249 e. The first-order chi connectivity index (χ1) is 19.3. The van der Waals surface area contributed by atoms with E-state index in [1.165, 1.54) is 0 Å². The summed E-state index contributed by atoms with van der Waals surface area (Å²) in [6, 6.07) is 24.8. The molecule has 0 aliphatic heterocycles. The summed E-state index contributed by atoms with van der Waals surface area (Å²) in [5, 5.41) is 17.3.